The second-order valence-corrected chi connectivity index (χ2v) is 4.36. The van der Waals surface area contributed by atoms with Crippen LogP contribution in [-0.2, 0) is 4.74 Å². The smallest absolute Gasteiger partial charge is 0.319 e. The number of carbonyl (C=O) groups excluding carboxylic acids is 2. The lowest BCUT2D eigenvalue weighted by atomic mass is 10.3. The highest BCUT2D eigenvalue weighted by Gasteiger charge is 2.10. The number of nitrogens with zero attached hydrogens (tertiary/aromatic N) is 2. The monoisotopic (exact) mass is 280 g/mol. The van der Waals surface area contributed by atoms with Crippen LogP contribution < -0.4 is 10.6 Å². The number of urea groups is 1. The van der Waals surface area contributed by atoms with Gasteiger partial charge < -0.3 is 20.3 Å². The lowest BCUT2D eigenvalue weighted by Gasteiger charge is -2.11. The minimum absolute atomic E-state index is 0.214. The fourth-order valence-corrected chi connectivity index (χ4v) is 1.45. The molecule has 7 nitrogen and oxygen atoms in total. The Bertz CT molecular complexity index is 463. The molecule has 0 aliphatic rings. The topological polar surface area (TPSA) is 83.6 Å². The molecule has 0 spiro atoms. The molecule has 0 aliphatic heterocycles. The summed E-state index contributed by atoms with van der Waals surface area (Å²) in [5.74, 6) is -0.214. The van der Waals surface area contributed by atoms with E-state index in [1.165, 1.54) is 17.2 Å². The minimum atomic E-state index is -0.324. The van der Waals surface area contributed by atoms with Crippen LogP contribution in [0.3, 0.4) is 0 Å². The zero-order chi connectivity index (χ0) is 15.0. The molecule has 0 saturated carbocycles. The number of hydrogen-bond donors (Lipinski definition) is 2. The van der Waals surface area contributed by atoms with Gasteiger partial charge in [0.2, 0.25) is 0 Å². The first-order valence-electron chi connectivity index (χ1n) is 6.26. The molecule has 0 aliphatic carbocycles. The Balaban J connectivity index is 2.53. The van der Waals surface area contributed by atoms with Crippen molar-refractivity contribution in [1.29, 1.82) is 0 Å². The van der Waals surface area contributed by atoms with Gasteiger partial charge in [-0.1, -0.05) is 0 Å². The van der Waals surface area contributed by atoms with Gasteiger partial charge in [-0.2, -0.15) is 0 Å². The number of amides is 3. The summed E-state index contributed by atoms with van der Waals surface area (Å²) in [7, 11) is 4.90. The second-order valence-electron chi connectivity index (χ2n) is 4.36. The molecule has 110 valence electrons. The number of methoxy groups -OCH3 is 1. The van der Waals surface area contributed by atoms with Gasteiger partial charge in [-0.05, 0) is 18.6 Å². The molecule has 1 rings (SSSR count). The fraction of sp³-hybridized carbons (Fsp3) is 0.462. The first-order chi connectivity index (χ1) is 9.54. The number of hydrogen-bond acceptors (Lipinski definition) is 4. The van der Waals surface area contributed by atoms with Crippen LogP contribution in [0.15, 0.2) is 18.3 Å². The van der Waals surface area contributed by atoms with Crippen LogP contribution in [0, 0.1) is 0 Å². The van der Waals surface area contributed by atoms with Crippen molar-refractivity contribution in [3.05, 3.63) is 24.0 Å². The standard InChI is InChI=1S/C13H20N4O3/c1-17(2)12(18)11-9-10(5-7-14-11)16-13(19)15-6-4-8-20-3/h5,7,9H,4,6,8H2,1-3H3,(H2,14,15,16,19). The highest BCUT2D eigenvalue weighted by Crippen LogP contribution is 2.09. The number of rotatable bonds is 6. The first kappa shape index (κ1) is 15.9. The van der Waals surface area contributed by atoms with E-state index in [2.05, 4.69) is 15.6 Å². The van der Waals surface area contributed by atoms with E-state index < -0.39 is 0 Å². The molecule has 20 heavy (non-hydrogen) atoms. The molecule has 1 aromatic heterocycles. The molecule has 3 amide bonds. The van der Waals surface area contributed by atoms with Crippen LogP contribution in [0.4, 0.5) is 10.5 Å². The maximum atomic E-state index is 11.7. The Morgan fingerprint density at radius 3 is 2.80 bits per heavy atom. The average molecular weight is 280 g/mol. The number of carbonyl (C=O) groups is 2. The van der Waals surface area contributed by atoms with Crippen molar-refractivity contribution in [3.63, 3.8) is 0 Å². The van der Waals surface area contributed by atoms with Crippen molar-refractivity contribution in [1.82, 2.24) is 15.2 Å². The highest BCUT2D eigenvalue weighted by atomic mass is 16.5. The van der Waals surface area contributed by atoms with E-state index in [1.807, 2.05) is 0 Å². The zero-order valence-electron chi connectivity index (χ0n) is 12.0. The molecule has 2 N–H and O–H groups in total. The Morgan fingerprint density at radius 1 is 1.40 bits per heavy atom. The molecular formula is C13H20N4O3. The zero-order valence-corrected chi connectivity index (χ0v) is 12.0. The Hall–Kier alpha value is -2.15. The van der Waals surface area contributed by atoms with Crippen molar-refractivity contribution >= 4 is 17.6 Å². The van der Waals surface area contributed by atoms with E-state index >= 15 is 0 Å². The first-order valence-corrected chi connectivity index (χ1v) is 6.26. The van der Waals surface area contributed by atoms with Gasteiger partial charge in [-0.3, -0.25) is 9.78 Å². The molecule has 0 bridgehead atoms. The van der Waals surface area contributed by atoms with E-state index in [4.69, 9.17) is 4.74 Å². The summed E-state index contributed by atoms with van der Waals surface area (Å²) in [4.78, 5) is 28.8. The van der Waals surface area contributed by atoms with E-state index in [0.717, 1.165) is 6.42 Å². The van der Waals surface area contributed by atoms with E-state index in [-0.39, 0.29) is 17.6 Å². The van der Waals surface area contributed by atoms with Gasteiger partial charge >= 0.3 is 6.03 Å². The van der Waals surface area contributed by atoms with Crippen LogP contribution in [0.5, 0.6) is 0 Å². The summed E-state index contributed by atoms with van der Waals surface area (Å²) in [6, 6.07) is 2.84. The molecule has 0 atom stereocenters. The third-order valence-electron chi connectivity index (χ3n) is 2.45. The van der Waals surface area contributed by atoms with Gasteiger partial charge in [0.1, 0.15) is 5.69 Å². The van der Waals surface area contributed by atoms with Crippen LogP contribution >= 0.6 is 0 Å². The molecule has 1 aromatic rings. The quantitative estimate of drug-likeness (QED) is 0.760. The van der Waals surface area contributed by atoms with Gasteiger partial charge in [-0.15, -0.1) is 0 Å². The van der Waals surface area contributed by atoms with Crippen LogP contribution in [-0.4, -0.2) is 56.2 Å². The summed E-state index contributed by atoms with van der Waals surface area (Å²) in [6.07, 6.45) is 2.22. The van der Waals surface area contributed by atoms with Crippen molar-refractivity contribution in [2.45, 2.75) is 6.42 Å². The SMILES string of the molecule is COCCCNC(=O)Nc1ccnc(C(=O)N(C)C)c1. The molecule has 0 fully saturated rings. The molecule has 0 radical (unpaired) electrons. The summed E-state index contributed by atoms with van der Waals surface area (Å²) >= 11 is 0. The van der Waals surface area contributed by atoms with Crippen molar-refractivity contribution in [2.75, 3.05) is 39.7 Å². The highest BCUT2D eigenvalue weighted by molar-refractivity contribution is 5.94. The Morgan fingerprint density at radius 2 is 2.15 bits per heavy atom. The molecule has 1 heterocycles. The largest absolute Gasteiger partial charge is 0.385 e. The summed E-state index contributed by atoms with van der Waals surface area (Å²) in [6.45, 7) is 1.12. The summed E-state index contributed by atoms with van der Waals surface area (Å²) in [5.41, 5.74) is 0.807. The van der Waals surface area contributed by atoms with Crippen molar-refractivity contribution < 1.29 is 14.3 Å². The molecule has 0 aromatic carbocycles. The van der Waals surface area contributed by atoms with Gasteiger partial charge in [0.25, 0.3) is 5.91 Å². The van der Waals surface area contributed by atoms with Gasteiger partial charge in [0, 0.05) is 46.2 Å². The summed E-state index contributed by atoms with van der Waals surface area (Å²) in [5, 5.41) is 5.34. The van der Waals surface area contributed by atoms with Gasteiger partial charge in [0.05, 0.1) is 0 Å². The third-order valence-corrected chi connectivity index (χ3v) is 2.45. The number of ether oxygens (including phenoxy) is 1. The predicted octanol–water partition coefficient (Wildman–Crippen LogP) is 0.941. The number of anilines is 1. The van der Waals surface area contributed by atoms with Gasteiger partial charge in [-0.25, -0.2) is 4.79 Å². The lowest BCUT2D eigenvalue weighted by molar-refractivity contribution is 0.0822. The van der Waals surface area contributed by atoms with E-state index in [1.54, 1.807) is 27.3 Å². The molecule has 7 heteroatoms. The average Bonchev–Trinajstić information content (AvgIpc) is 2.43. The Labute approximate surface area is 118 Å². The second kappa shape index (κ2) is 8.11. The number of aromatic nitrogens is 1. The maximum absolute atomic E-state index is 11.7. The van der Waals surface area contributed by atoms with Crippen LogP contribution in [0.25, 0.3) is 0 Å². The van der Waals surface area contributed by atoms with Crippen molar-refractivity contribution in [2.24, 2.45) is 0 Å². The summed E-state index contributed by atoms with van der Waals surface area (Å²) < 4.78 is 4.88. The number of pyridine rings is 1. The molecule has 0 unspecified atom stereocenters. The lowest BCUT2D eigenvalue weighted by Crippen LogP contribution is -2.30. The van der Waals surface area contributed by atoms with Crippen molar-refractivity contribution in [3.8, 4) is 0 Å². The van der Waals surface area contributed by atoms with Crippen LogP contribution in [0.1, 0.15) is 16.9 Å². The van der Waals surface area contributed by atoms with Gasteiger partial charge in [0.15, 0.2) is 0 Å². The third kappa shape index (κ3) is 5.23. The molecular weight excluding hydrogens is 260 g/mol. The molecule has 0 saturated heterocycles. The predicted molar refractivity (Wildman–Crippen MR) is 75.8 cm³/mol. The van der Waals surface area contributed by atoms with E-state index in [9.17, 15) is 9.59 Å². The fourth-order valence-electron chi connectivity index (χ4n) is 1.45. The maximum Gasteiger partial charge on any atom is 0.319 e. The Kier molecular flexibility index (Phi) is 6.45. The number of nitrogens with one attached hydrogen (secondary N) is 2. The normalized spacial score (nSPS) is 9.95. The van der Waals surface area contributed by atoms with Crippen LogP contribution in [0.2, 0.25) is 0 Å². The van der Waals surface area contributed by atoms with E-state index in [0.29, 0.717) is 18.8 Å². The minimum Gasteiger partial charge on any atom is -0.385 e.